The van der Waals surface area contributed by atoms with Gasteiger partial charge in [0.2, 0.25) is 5.91 Å². The number of hydrogen-bond donors (Lipinski definition) is 11. The zero-order chi connectivity index (χ0) is 32.3. The minimum Gasteiger partial charge on any atom is -0.394 e. The van der Waals surface area contributed by atoms with Crippen LogP contribution in [0.25, 0.3) is 0 Å². The fraction of sp³-hybridized carbons (Fsp3) is 0.950. The highest BCUT2D eigenvalue weighted by atomic mass is 32.2. The van der Waals surface area contributed by atoms with Gasteiger partial charge in [-0.15, -0.1) is 0 Å². The minimum atomic E-state index is -5.29. The lowest BCUT2D eigenvalue weighted by Crippen LogP contribution is -2.65. The van der Waals surface area contributed by atoms with Crippen LogP contribution in [0, 0.1) is 0 Å². The molecule has 0 radical (unpaired) electrons. The van der Waals surface area contributed by atoms with Crippen molar-refractivity contribution < 1.29 is 90.5 Å². The Labute approximate surface area is 239 Å². The van der Waals surface area contributed by atoms with Gasteiger partial charge in [0, 0.05) is 6.92 Å². The number of aliphatic hydroxyl groups is 8. The van der Waals surface area contributed by atoms with Crippen LogP contribution in [0.3, 0.4) is 0 Å². The first kappa shape index (κ1) is 37.0. The van der Waals surface area contributed by atoms with Crippen LogP contribution in [-0.2, 0) is 44.0 Å². The number of ether oxygens (including phenoxy) is 4. The molecular weight excluding hydrogens is 622 g/mol. The van der Waals surface area contributed by atoms with Crippen molar-refractivity contribution in [2.75, 3.05) is 19.0 Å². The summed E-state index contributed by atoms with van der Waals surface area (Å²) < 4.78 is 87.5. The fourth-order valence-corrected chi connectivity index (χ4v) is 6.17. The third kappa shape index (κ3) is 9.16. The van der Waals surface area contributed by atoms with Gasteiger partial charge in [0.05, 0.1) is 31.5 Å². The van der Waals surface area contributed by atoms with Crippen LogP contribution in [-0.4, -0.2) is 177 Å². The first-order chi connectivity index (χ1) is 19.2. The summed E-state index contributed by atoms with van der Waals surface area (Å²) in [4.78, 5) is 11.9. The third-order valence-electron chi connectivity index (χ3n) is 6.62. The summed E-state index contributed by atoms with van der Waals surface area (Å²) >= 11 is 0. The molecule has 0 aromatic rings. The molecule has 0 spiro atoms. The van der Waals surface area contributed by atoms with E-state index in [0.717, 1.165) is 6.92 Å². The number of aliphatic hydroxyl groups excluding tert-OH is 8. The Kier molecular flexibility index (Phi) is 13.0. The van der Waals surface area contributed by atoms with Crippen molar-refractivity contribution >= 4 is 26.1 Å². The van der Waals surface area contributed by atoms with E-state index in [9.17, 15) is 71.6 Å². The molecule has 0 aromatic heterocycles. The summed E-state index contributed by atoms with van der Waals surface area (Å²) in [5.74, 6) is -2.39. The van der Waals surface area contributed by atoms with Gasteiger partial charge in [0.25, 0.3) is 20.2 Å². The molecule has 2 rings (SSSR count). The van der Waals surface area contributed by atoms with Crippen LogP contribution in [0.15, 0.2) is 0 Å². The zero-order valence-corrected chi connectivity index (χ0v) is 23.8. The summed E-state index contributed by atoms with van der Waals surface area (Å²) in [6.07, 6.45) is -24.4. The molecule has 22 heteroatoms. The smallest absolute Gasteiger partial charge is 0.273 e. The lowest BCUT2D eigenvalue weighted by atomic mass is 9.98. The summed E-state index contributed by atoms with van der Waals surface area (Å²) in [5.41, 5.74) is 0. The normalized spacial score (nSPS) is 37.4. The van der Waals surface area contributed by atoms with Crippen molar-refractivity contribution in [1.82, 2.24) is 5.32 Å². The van der Waals surface area contributed by atoms with Crippen LogP contribution >= 0.6 is 0 Å². The molecule has 2 fully saturated rings. The maximum absolute atomic E-state index is 11.9. The third-order valence-corrected chi connectivity index (χ3v) is 8.63. The number of carbonyl (C=O) groups excluding carboxylic acids is 1. The molecule has 20 nitrogen and oxygen atoms in total. The number of rotatable bonds is 13. The van der Waals surface area contributed by atoms with E-state index < -0.39 is 130 Å². The van der Waals surface area contributed by atoms with E-state index in [4.69, 9.17) is 18.9 Å². The summed E-state index contributed by atoms with van der Waals surface area (Å²) in [5, 5.41) is 81.5. The van der Waals surface area contributed by atoms with E-state index in [1.165, 1.54) is 6.92 Å². The summed E-state index contributed by atoms with van der Waals surface area (Å²) in [7, 11) is -10.3. The van der Waals surface area contributed by atoms with Crippen molar-refractivity contribution in [2.24, 2.45) is 0 Å². The molecule has 0 bridgehead atoms. The highest BCUT2D eigenvalue weighted by Crippen LogP contribution is 2.31. The van der Waals surface area contributed by atoms with Gasteiger partial charge >= 0.3 is 0 Å². The molecular formula is C20H37NO19S2. The topological polar surface area (TPSA) is 337 Å². The Morgan fingerprint density at radius 1 is 0.857 bits per heavy atom. The van der Waals surface area contributed by atoms with Crippen molar-refractivity contribution in [1.29, 1.82) is 0 Å². The molecule has 42 heavy (non-hydrogen) atoms. The first-order valence-electron chi connectivity index (χ1n) is 12.3. The lowest BCUT2D eigenvalue weighted by molar-refractivity contribution is -0.336. The molecule has 14 atom stereocenters. The van der Waals surface area contributed by atoms with Gasteiger partial charge in [0.15, 0.2) is 12.6 Å². The van der Waals surface area contributed by atoms with Crippen molar-refractivity contribution in [3.63, 3.8) is 0 Å². The predicted molar refractivity (Wildman–Crippen MR) is 132 cm³/mol. The standard InChI is InChI=1S/C20H37NO19S2/c1-6-11(26)13(28)14(29)19(37-6)39-16(8(3-22)21-7(2)24)17(9(25)5-41(31,32)33)40-20-15(30)18(42(34,35)36)12(27)10(4-23)38-20/h6,8-20,22-23,25-30H,3-5H2,1-2H3,(H,21,24)(H,31,32,33)(H,34,35,36)/t6-,8-,9+,10+,11+,12-,13+,14-,15+,16+,17+,18-,19-,20-/m0/s1. The van der Waals surface area contributed by atoms with E-state index in [2.05, 4.69) is 5.32 Å². The predicted octanol–water partition coefficient (Wildman–Crippen LogP) is -6.97. The van der Waals surface area contributed by atoms with E-state index >= 15 is 0 Å². The Hall–Kier alpha value is -1.19. The monoisotopic (exact) mass is 659 g/mol. The van der Waals surface area contributed by atoms with Crippen LogP contribution in [0.2, 0.25) is 0 Å². The maximum atomic E-state index is 11.9. The van der Waals surface area contributed by atoms with E-state index in [1.807, 2.05) is 0 Å². The zero-order valence-electron chi connectivity index (χ0n) is 22.2. The summed E-state index contributed by atoms with van der Waals surface area (Å²) in [6.45, 7) is 0.0528. The first-order valence-corrected chi connectivity index (χ1v) is 15.4. The minimum absolute atomic E-state index is 0.844. The Morgan fingerprint density at radius 3 is 1.88 bits per heavy atom. The van der Waals surface area contributed by atoms with Crippen molar-refractivity contribution in [3.8, 4) is 0 Å². The van der Waals surface area contributed by atoms with Gasteiger partial charge in [-0.2, -0.15) is 16.8 Å². The second kappa shape index (κ2) is 14.7. The largest absolute Gasteiger partial charge is 0.394 e. The molecule has 2 heterocycles. The average molecular weight is 660 g/mol. The highest BCUT2D eigenvalue weighted by molar-refractivity contribution is 7.86. The van der Waals surface area contributed by atoms with Crippen LogP contribution < -0.4 is 5.32 Å². The van der Waals surface area contributed by atoms with Crippen LogP contribution in [0.4, 0.5) is 0 Å². The number of nitrogens with one attached hydrogen (secondary N) is 1. The van der Waals surface area contributed by atoms with E-state index in [1.54, 1.807) is 0 Å². The highest BCUT2D eigenvalue weighted by Gasteiger charge is 2.54. The van der Waals surface area contributed by atoms with Gasteiger partial charge < -0.3 is 65.1 Å². The summed E-state index contributed by atoms with van der Waals surface area (Å²) in [6, 6.07) is -1.70. The molecule has 2 saturated heterocycles. The Balaban J connectivity index is 2.62. The Morgan fingerprint density at radius 2 is 1.40 bits per heavy atom. The molecule has 2 aliphatic heterocycles. The molecule has 11 N–H and O–H groups in total. The second-order valence-electron chi connectivity index (χ2n) is 9.87. The van der Waals surface area contributed by atoms with Gasteiger partial charge in [0.1, 0.15) is 59.8 Å². The van der Waals surface area contributed by atoms with Crippen molar-refractivity contribution in [2.45, 2.75) is 98.8 Å². The fourth-order valence-electron chi connectivity index (χ4n) is 4.54. The average Bonchev–Trinajstić information content (AvgIpc) is 2.85. The number of hydrogen-bond acceptors (Lipinski definition) is 17. The van der Waals surface area contributed by atoms with Gasteiger partial charge in [-0.3, -0.25) is 13.9 Å². The number of amides is 1. The second-order valence-corrected chi connectivity index (χ2v) is 12.9. The van der Waals surface area contributed by atoms with E-state index in [0.29, 0.717) is 0 Å². The van der Waals surface area contributed by atoms with Gasteiger partial charge in [-0.25, -0.2) is 0 Å². The molecule has 1 amide bonds. The maximum Gasteiger partial charge on any atom is 0.273 e. The Bertz CT molecular complexity index is 1110. The quantitative estimate of drug-likeness (QED) is 0.0818. The molecule has 248 valence electrons. The molecule has 0 aromatic carbocycles. The van der Waals surface area contributed by atoms with Crippen LogP contribution in [0.5, 0.6) is 0 Å². The van der Waals surface area contributed by atoms with Crippen molar-refractivity contribution in [3.05, 3.63) is 0 Å². The SMILES string of the molecule is CC(=O)N[C@@H](CO)[C@@H](O[C@@H]1O[C@@H](C)[C@@H](O)[C@@H](O)[C@@H]1O)[C@H](O[C@@H]1O[C@H](CO)[C@H](O)[C@H](S(=O)(=O)O)[C@H]1O)[C@H](O)CS(=O)(=O)O. The van der Waals surface area contributed by atoms with Gasteiger partial charge in [-0.1, -0.05) is 0 Å². The van der Waals surface area contributed by atoms with Crippen LogP contribution in [0.1, 0.15) is 13.8 Å². The lowest BCUT2D eigenvalue weighted by Gasteiger charge is -2.45. The molecule has 0 saturated carbocycles. The van der Waals surface area contributed by atoms with Gasteiger partial charge in [-0.05, 0) is 6.92 Å². The molecule has 0 unspecified atom stereocenters. The van der Waals surface area contributed by atoms with E-state index in [-0.39, 0.29) is 0 Å². The number of carbonyl (C=O) groups is 1. The molecule has 0 aliphatic carbocycles. The molecule has 2 aliphatic rings.